The molecule has 0 amide bonds. The minimum Gasteiger partial charge on any atom is -0.490 e. The predicted octanol–water partition coefficient (Wildman–Crippen LogP) is 4.36. The van der Waals surface area contributed by atoms with E-state index in [-0.39, 0.29) is 0 Å². The van der Waals surface area contributed by atoms with Gasteiger partial charge in [-0.05, 0) is 49.1 Å². The Balaban J connectivity index is 1.62. The summed E-state index contributed by atoms with van der Waals surface area (Å²) in [6.07, 6.45) is 2.21. The number of thioether (sulfide) groups is 1. The van der Waals surface area contributed by atoms with E-state index < -0.39 is 6.10 Å². The Morgan fingerprint density at radius 1 is 1.19 bits per heavy atom. The summed E-state index contributed by atoms with van der Waals surface area (Å²) in [6.45, 7) is 2.10. The normalized spacial score (nSPS) is 15.7. The van der Waals surface area contributed by atoms with Gasteiger partial charge < -0.3 is 9.84 Å². The first kappa shape index (κ1) is 14.5. The Labute approximate surface area is 130 Å². The van der Waals surface area contributed by atoms with Crippen LogP contribution in [0.25, 0.3) is 0 Å². The zero-order valence-corrected chi connectivity index (χ0v) is 13.0. The van der Waals surface area contributed by atoms with Crippen molar-refractivity contribution in [2.75, 3.05) is 5.75 Å². The number of aliphatic hydroxyl groups is 1. The fourth-order valence-corrected chi connectivity index (χ4v) is 3.16. The van der Waals surface area contributed by atoms with Crippen molar-refractivity contribution in [1.29, 1.82) is 0 Å². The molecule has 1 saturated carbocycles. The summed E-state index contributed by atoms with van der Waals surface area (Å²) in [4.78, 5) is 1.22. The number of aliphatic hydroxyl groups excluding tert-OH is 1. The van der Waals surface area contributed by atoms with E-state index >= 15 is 0 Å². The average Bonchev–Trinajstić information content (AvgIpc) is 3.30. The molecule has 0 spiro atoms. The molecule has 110 valence electrons. The molecule has 3 rings (SSSR count). The zero-order chi connectivity index (χ0) is 14.7. The van der Waals surface area contributed by atoms with E-state index in [1.54, 1.807) is 11.8 Å². The van der Waals surface area contributed by atoms with Gasteiger partial charge in [0.05, 0.1) is 12.2 Å². The van der Waals surface area contributed by atoms with Crippen molar-refractivity contribution < 1.29 is 9.84 Å². The predicted molar refractivity (Wildman–Crippen MR) is 87.0 cm³/mol. The lowest BCUT2D eigenvalue weighted by atomic mass is 10.1. The molecule has 1 unspecified atom stereocenters. The Hall–Kier alpha value is -1.45. The van der Waals surface area contributed by atoms with Crippen molar-refractivity contribution in [1.82, 2.24) is 0 Å². The van der Waals surface area contributed by atoms with Crippen LogP contribution in [0.4, 0.5) is 0 Å². The zero-order valence-electron chi connectivity index (χ0n) is 12.2. The molecule has 1 N–H and O–H groups in total. The van der Waals surface area contributed by atoms with Crippen LogP contribution in [0.5, 0.6) is 5.75 Å². The molecule has 1 fully saturated rings. The first-order valence-corrected chi connectivity index (χ1v) is 8.34. The topological polar surface area (TPSA) is 29.5 Å². The summed E-state index contributed by atoms with van der Waals surface area (Å²) >= 11 is 1.69. The highest BCUT2D eigenvalue weighted by atomic mass is 32.2. The van der Waals surface area contributed by atoms with Crippen LogP contribution in [0.1, 0.15) is 30.1 Å². The quantitative estimate of drug-likeness (QED) is 0.804. The smallest absolute Gasteiger partial charge is 0.120 e. The van der Waals surface area contributed by atoms with E-state index in [0.29, 0.717) is 11.9 Å². The van der Waals surface area contributed by atoms with Gasteiger partial charge in [0.15, 0.2) is 0 Å². The third kappa shape index (κ3) is 4.02. The summed E-state index contributed by atoms with van der Waals surface area (Å²) in [6, 6.07) is 16.1. The lowest BCUT2D eigenvalue weighted by molar-refractivity contribution is 0.203. The molecule has 0 bridgehead atoms. The summed E-state index contributed by atoms with van der Waals surface area (Å²) in [7, 11) is 0. The number of rotatable bonds is 6. The first-order chi connectivity index (χ1) is 10.2. The maximum absolute atomic E-state index is 10.4. The van der Waals surface area contributed by atoms with Gasteiger partial charge in [-0.3, -0.25) is 0 Å². The van der Waals surface area contributed by atoms with E-state index in [9.17, 15) is 5.11 Å². The molecule has 3 heteroatoms. The van der Waals surface area contributed by atoms with Crippen LogP contribution in [0.2, 0.25) is 0 Å². The SMILES string of the molecule is Cc1ccccc1SCC(O)c1cccc(OC2CC2)c1. The molecule has 0 aromatic heterocycles. The Morgan fingerprint density at radius 3 is 2.76 bits per heavy atom. The number of hydrogen-bond donors (Lipinski definition) is 1. The van der Waals surface area contributed by atoms with Crippen LogP contribution in [0.3, 0.4) is 0 Å². The maximum Gasteiger partial charge on any atom is 0.120 e. The van der Waals surface area contributed by atoms with Gasteiger partial charge in [0.25, 0.3) is 0 Å². The van der Waals surface area contributed by atoms with Gasteiger partial charge in [-0.15, -0.1) is 11.8 Å². The second-order valence-electron chi connectivity index (χ2n) is 5.48. The summed E-state index contributed by atoms with van der Waals surface area (Å²) in [5.74, 6) is 1.52. The Kier molecular flexibility index (Phi) is 4.51. The highest BCUT2D eigenvalue weighted by Gasteiger charge is 2.23. The molecule has 0 heterocycles. The molecular weight excluding hydrogens is 280 g/mol. The molecule has 1 aliphatic rings. The van der Waals surface area contributed by atoms with Crippen molar-refractivity contribution in [3.63, 3.8) is 0 Å². The largest absolute Gasteiger partial charge is 0.490 e. The van der Waals surface area contributed by atoms with Gasteiger partial charge >= 0.3 is 0 Å². The number of benzene rings is 2. The summed E-state index contributed by atoms with van der Waals surface area (Å²) in [5, 5.41) is 10.4. The number of hydrogen-bond acceptors (Lipinski definition) is 3. The molecule has 0 aliphatic heterocycles. The fraction of sp³-hybridized carbons (Fsp3) is 0.333. The molecule has 2 aromatic rings. The van der Waals surface area contributed by atoms with Gasteiger partial charge in [0.1, 0.15) is 5.75 Å². The van der Waals surface area contributed by atoms with E-state index in [0.717, 1.165) is 24.2 Å². The molecule has 0 saturated heterocycles. The van der Waals surface area contributed by atoms with Crippen LogP contribution in [-0.4, -0.2) is 17.0 Å². The van der Waals surface area contributed by atoms with Crippen molar-refractivity contribution in [3.05, 3.63) is 59.7 Å². The lowest BCUT2D eigenvalue weighted by Crippen LogP contribution is -2.02. The van der Waals surface area contributed by atoms with Crippen LogP contribution < -0.4 is 4.74 Å². The number of aryl methyl sites for hydroxylation is 1. The lowest BCUT2D eigenvalue weighted by Gasteiger charge is -2.13. The minimum atomic E-state index is -0.475. The van der Waals surface area contributed by atoms with Crippen molar-refractivity contribution in [2.45, 2.75) is 36.9 Å². The average molecular weight is 300 g/mol. The van der Waals surface area contributed by atoms with Crippen LogP contribution >= 0.6 is 11.8 Å². The molecule has 21 heavy (non-hydrogen) atoms. The molecule has 2 nitrogen and oxygen atoms in total. The van der Waals surface area contributed by atoms with Crippen LogP contribution in [0, 0.1) is 6.92 Å². The summed E-state index contributed by atoms with van der Waals surface area (Å²) in [5.41, 5.74) is 2.18. The van der Waals surface area contributed by atoms with Gasteiger partial charge in [-0.2, -0.15) is 0 Å². The van der Waals surface area contributed by atoms with Gasteiger partial charge in [-0.1, -0.05) is 30.3 Å². The van der Waals surface area contributed by atoms with E-state index in [1.165, 1.54) is 10.5 Å². The van der Waals surface area contributed by atoms with Crippen LogP contribution in [-0.2, 0) is 0 Å². The molecule has 2 aromatic carbocycles. The second-order valence-corrected chi connectivity index (χ2v) is 6.54. The van der Waals surface area contributed by atoms with E-state index in [2.05, 4.69) is 19.1 Å². The monoisotopic (exact) mass is 300 g/mol. The fourth-order valence-electron chi connectivity index (χ4n) is 2.16. The highest BCUT2D eigenvalue weighted by molar-refractivity contribution is 7.99. The second kappa shape index (κ2) is 6.54. The molecule has 1 atom stereocenters. The molecular formula is C18H20O2S. The number of ether oxygens (including phenoxy) is 1. The highest BCUT2D eigenvalue weighted by Crippen LogP contribution is 2.30. The van der Waals surface area contributed by atoms with Gasteiger partial charge in [0, 0.05) is 10.6 Å². The van der Waals surface area contributed by atoms with E-state index in [4.69, 9.17) is 4.74 Å². The Bertz CT molecular complexity index is 608. The van der Waals surface area contributed by atoms with Crippen LogP contribution in [0.15, 0.2) is 53.4 Å². The van der Waals surface area contributed by atoms with Crippen molar-refractivity contribution >= 4 is 11.8 Å². The molecule has 0 radical (unpaired) electrons. The Morgan fingerprint density at radius 2 is 2.00 bits per heavy atom. The van der Waals surface area contributed by atoms with Gasteiger partial charge in [0.2, 0.25) is 0 Å². The summed E-state index contributed by atoms with van der Waals surface area (Å²) < 4.78 is 5.78. The van der Waals surface area contributed by atoms with Crippen molar-refractivity contribution in [3.8, 4) is 5.75 Å². The standard InChI is InChI=1S/C18H20O2S/c1-13-5-2-3-8-18(13)21-12-17(19)14-6-4-7-16(11-14)20-15-9-10-15/h2-8,11,15,17,19H,9-10,12H2,1H3. The third-order valence-corrected chi connectivity index (χ3v) is 4.81. The van der Waals surface area contributed by atoms with Crippen molar-refractivity contribution in [2.24, 2.45) is 0 Å². The molecule has 1 aliphatic carbocycles. The maximum atomic E-state index is 10.4. The van der Waals surface area contributed by atoms with E-state index in [1.807, 2.05) is 36.4 Å². The minimum absolute atomic E-state index is 0.388. The first-order valence-electron chi connectivity index (χ1n) is 7.35. The third-order valence-electron chi connectivity index (χ3n) is 3.56. The van der Waals surface area contributed by atoms with Gasteiger partial charge in [-0.25, -0.2) is 0 Å².